The molecule has 7 nitrogen and oxygen atoms in total. The van der Waals surface area contributed by atoms with Crippen molar-refractivity contribution in [1.82, 2.24) is 4.31 Å². The molecule has 1 saturated heterocycles. The largest absolute Gasteiger partial charge is 0.495 e. The number of benzene rings is 1. The molecular formula is C16H24N2O5S. The molecule has 134 valence electrons. The first kappa shape index (κ1) is 18.7. The molecule has 0 unspecified atom stereocenters. The highest BCUT2D eigenvalue weighted by Gasteiger charge is 2.26. The van der Waals surface area contributed by atoms with Crippen LogP contribution in [0.25, 0.3) is 0 Å². The van der Waals surface area contributed by atoms with Gasteiger partial charge in [0, 0.05) is 20.2 Å². The smallest absolute Gasteiger partial charge is 0.250 e. The number of carbonyl (C=O) groups excluding carboxylic acids is 1. The van der Waals surface area contributed by atoms with Gasteiger partial charge < -0.3 is 14.8 Å². The van der Waals surface area contributed by atoms with Crippen molar-refractivity contribution >= 4 is 21.6 Å². The summed E-state index contributed by atoms with van der Waals surface area (Å²) in [5.74, 6) is 0.0226. The Morgan fingerprint density at radius 1 is 1.17 bits per heavy atom. The molecule has 1 fully saturated rings. The molecule has 0 bridgehead atoms. The molecule has 0 atom stereocenters. The SMILES string of the molecule is COCC(=O)Nc1cc(S(=O)(=O)N2CCCCCC2)ccc1OC. The number of hydrogen-bond donors (Lipinski definition) is 1. The van der Waals surface area contributed by atoms with Crippen molar-refractivity contribution in [1.29, 1.82) is 0 Å². The molecule has 0 aromatic heterocycles. The molecule has 1 aromatic rings. The van der Waals surface area contributed by atoms with Crippen molar-refractivity contribution in [3.05, 3.63) is 18.2 Å². The zero-order valence-corrected chi connectivity index (χ0v) is 14.9. The van der Waals surface area contributed by atoms with Gasteiger partial charge in [-0.25, -0.2) is 8.42 Å². The van der Waals surface area contributed by atoms with E-state index in [9.17, 15) is 13.2 Å². The Labute approximate surface area is 143 Å². The summed E-state index contributed by atoms with van der Waals surface area (Å²) < 4.78 is 37.2. The fraction of sp³-hybridized carbons (Fsp3) is 0.562. The maximum atomic E-state index is 12.9. The maximum Gasteiger partial charge on any atom is 0.250 e. The monoisotopic (exact) mass is 356 g/mol. The second-order valence-electron chi connectivity index (χ2n) is 5.66. The van der Waals surface area contributed by atoms with E-state index in [0.29, 0.717) is 24.5 Å². The van der Waals surface area contributed by atoms with Crippen molar-refractivity contribution in [3.8, 4) is 5.75 Å². The van der Waals surface area contributed by atoms with Crippen LogP contribution in [0.2, 0.25) is 0 Å². The first-order valence-corrected chi connectivity index (χ1v) is 9.40. The summed E-state index contributed by atoms with van der Waals surface area (Å²) >= 11 is 0. The first-order valence-electron chi connectivity index (χ1n) is 7.96. The Morgan fingerprint density at radius 3 is 2.42 bits per heavy atom. The van der Waals surface area contributed by atoms with Gasteiger partial charge in [-0.2, -0.15) is 4.31 Å². The summed E-state index contributed by atoms with van der Waals surface area (Å²) in [7, 11) is -0.709. The van der Waals surface area contributed by atoms with Crippen molar-refractivity contribution in [3.63, 3.8) is 0 Å². The first-order chi connectivity index (χ1) is 11.5. The summed E-state index contributed by atoms with van der Waals surface area (Å²) in [4.78, 5) is 11.9. The summed E-state index contributed by atoms with van der Waals surface area (Å²) in [6.45, 7) is 0.936. The second kappa shape index (κ2) is 8.46. The van der Waals surface area contributed by atoms with E-state index in [0.717, 1.165) is 25.7 Å². The highest BCUT2D eigenvalue weighted by atomic mass is 32.2. The van der Waals surface area contributed by atoms with E-state index in [2.05, 4.69) is 5.32 Å². The number of anilines is 1. The Bertz CT molecular complexity index is 667. The lowest BCUT2D eigenvalue weighted by atomic mass is 10.2. The van der Waals surface area contributed by atoms with E-state index in [1.807, 2.05) is 0 Å². The van der Waals surface area contributed by atoms with Gasteiger partial charge in [-0.05, 0) is 31.0 Å². The maximum absolute atomic E-state index is 12.9. The van der Waals surface area contributed by atoms with E-state index >= 15 is 0 Å². The van der Waals surface area contributed by atoms with Crippen LogP contribution in [0, 0.1) is 0 Å². The Morgan fingerprint density at radius 2 is 1.83 bits per heavy atom. The number of sulfonamides is 1. The fourth-order valence-corrected chi connectivity index (χ4v) is 4.24. The van der Waals surface area contributed by atoms with Crippen molar-refractivity contribution in [2.24, 2.45) is 0 Å². The normalized spacial score (nSPS) is 16.4. The Hall–Kier alpha value is -1.64. The molecule has 1 heterocycles. The summed E-state index contributed by atoms with van der Waals surface area (Å²) in [5, 5.41) is 2.62. The zero-order valence-electron chi connectivity index (χ0n) is 14.1. The highest BCUT2D eigenvalue weighted by Crippen LogP contribution is 2.29. The minimum Gasteiger partial charge on any atom is -0.495 e. The number of nitrogens with zero attached hydrogens (tertiary/aromatic N) is 1. The van der Waals surface area contributed by atoms with Crippen molar-refractivity contribution in [2.75, 3.05) is 39.2 Å². The summed E-state index contributed by atoms with van der Waals surface area (Å²) in [5.41, 5.74) is 0.315. The van der Waals surface area contributed by atoms with Crippen LogP contribution in [0.3, 0.4) is 0 Å². The quantitative estimate of drug-likeness (QED) is 0.841. The molecule has 1 aliphatic rings. The second-order valence-corrected chi connectivity index (χ2v) is 7.60. The lowest BCUT2D eigenvalue weighted by Crippen LogP contribution is -2.32. The van der Waals surface area contributed by atoms with E-state index in [4.69, 9.17) is 9.47 Å². The van der Waals surface area contributed by atoms with Crippen LogP contribution < -0.4 is 10.1 Å². The van der Waals surface area contributed by atoms with Gasteiger partial charge >= 0.3 is 0 Å². The molecule has 0 radical (unpaired) electrons. The topological polar surface area (TPSA) is 84.9 Å². The predicted octanol–water partition coefficient (Wildman–Crippen LogP) is 1.84. The van der Waals surface area contributed by atoms with E-state index in [1.54, 1.807) is 6.07 Å². The molecule has 2 rings (SSSR count). The predicted molar refractivity (Wildman–Crippen MR) is 90.7 cm³/mol. The Balaban J connectivity index is 2.30. The molecular weight excluding hydrogens is 332 g/mol. The van der Waals surface area contributed by atoms with E-state index < -0.39 is 10.0 Å². The molecule has 1 aliphatic heterocycles. The van der Waals surface area contributed by atoms with Crippen LogP contribution in [-0.2, 0) is 19.6 Å². The molecule has 0 saturated carbocycles. The molecule has 1 N–H and O–H groups in total. The van der Waals surface area contributed by atoms with Crippen molar-refractivity contribution < 1.29 is 22.7 Å². The molecule has 0 aliphatic carbocycles. The minimum absolute atomic E-state index is 0.119. The van der Waals surface area contributed by atoms with Crippen LogP contribution in [-0.4, -0.2) is 52.5 Å². The number of carbonyl (C=O) groups is 1. The third-order valence-electron chi connectivity index (χ3n) is 3.92. The molecule has 24 heavy (non-hydrogen) atoms. The zero-order chi connectivity index (χ0) is 17.6. The number of nitrogens with one attached hydrogen (secondary N) is 1. The van der Waals surface area contributed by atoms with Crippen molar-refractivity contribution in [2.45, 2.75) is 30.6 Å². The molecule has 0 spiro atoms. The number of hydrogen-bond acceptors (Lipinski definition) is 5. The van der Waals surface area contributed by atoms with Gasteiger partial charge in [-0.3, -0.25) is 4.79 Å². The highest BCUT2D eigenvalue weighted by molar-refractivity contribution is 7.89. The number of methoxy groups -OCH3 is 2. The average Bonchev–Trinajstić information content (AvgIpc) is 2.84. The van der Waals surface area contributed by atoms with Gasteiger partial charge in [0.25, 0.3) is 0 Å². The van der Waals surface area contributed by atoms with Gasteiger partial charge in [0.1, 0.15) is 12.4 Å². The van der Waals surface area contributed by atoms with Crippen LogP contribution in [0.4, 0.5) is 5.69 Å². The number of amides is 1. The van der Waals surface area contributed by atoms with Gasteiger partial charge in [0.2, 0.25) is 15.9 Å². The summed E-state index contributed by atoms with van der Waals surface area (Å²) in [6, 6.07) is 4.49. The van der Waals surface area contributed by atoms with Gasteiger partial charge in [0.05, 0.1) is 17.7 Å². The molecule has 1 aromatic carbocycles. The third kappa shape index (κ3) is 4.46. The standard InChI is InChI=1S/C16H24N2O5S/c1-22-12-16(19)17-14-11-13(7-8-15(14)23-2)24(20,21)18-9-5-3-4-6-10-18/h7-8,11H,3-6,9-10,12H2,1-2H3,(H,17,19). The van der Waals surface area contributed by atoms with Crippen LogP contribution >= 0.6 is 0 Å². The molecule has 8 heteroatoms. The lowest BCUT2D eigenvalue weighted by Gasteiger charge is -2.21. The van der Waals surface area contributed by atoms with E-state index in [1.165, 1.54) is 30.7 Å². The average molecular weight is 356 g/mol. The van der Waals surface area contributed by atoms with Crippen LogP contribution in [0.15, 0.2) is 23.1 Å². The molecule has 1 amide bonds. The summed E-state index contributed by atoms with van der Waals surface area (Å²) in [6.07, 6.45) is 3.83. The number of rotatable bonds is 6. The van der Waals surface area contributed by atoms with Gasteiger partial charge in [0.15, 0.2) is 0 Å². The van der Waals surface area contributed by atoms with Crippen LogP contribution in [0.5, 0.6) is 5.75 Å². The minimum atomic E-state index is -3.59. The van der Waals surface area contributed by atoms with Gasteiger partial charge in [-0.1, -0.05) is 12.8 Å². The van der Waals surface area contributed by atoms with Gasteiger partial charge in [-0.15, -0.1) is 0 Å². The Kier molecular flexibility index (Phi) is 6.59. The van der Waals surface area contributed by atoms with Crippen LogP contribution in [0.1, 0.15) is 25.7 Å². The third-order valence-corrected chi connectivity index (χ3v) is 5.82. The van der Waals surface area contributed by atoms with E-state index in [-0.39, 0.29) is 17.4 Å². The number of ether oxygens (including phenoxy) is 2. The lowest BCUT2D eigenvalue weighted by molar-refractivity contribution is -0.119. The fourth-order valence-electron chi connectivity index (χ4n) is 2.69.